The van der Waals surface area contributed by atoms with Gasteiger partial charge in [0.2, 0.25) is 5.69 Å². The lowest BCUT2D eigenvalue weighted by atomic mass is 9.80. The van der Waals surface area contributed by atoms with Gasteiger partial charge in [0.15, 0.2) is 11.2 Å². The third kappa shape index (κ3) is 5.61. The van der Waals surface area contributed by atoms with Gasteiger partial charge in [0.25, 0.3) is 0 Å². The van der Waals surface area contributed by atoms with Crippen molar-refractivity contribution in [2.24, 2.45) is 0 Å². The van der Waals surface area contributed by atoms with Gasteiger partial charge < -0.3 is 26.8 Å². The van der Waals surface area contributed by atoms with Crippen molar-refractivity contribution in [3.05, 3.63) is 258 Å². The molecule has 8 heteroatoms. The molecule has 18 aromatic rings. The van der Waals surface area contributed by atoms with E-state index >= 15 is 0 Å². The molecule has 83 heavy (non-hydrogen) atoms. The second-order valence-electron chi connectivity index (χ2n) is 21.8. The van der Waals surface area contributed by atoms with E-state index in [0.29, 0.717) is 61.6 Å². The fraction of sp³-hybridized carbons (Fsp3) is 0.0133. The van der Waals surface area contributed by atoms with Crippen LogP contribution in [0.5, 0.6) is 0 Å². The highest BCUT2D eigenvalue weighted by Crippen LogP contribution is 2.60. The molecule has 0 saturated heterocycles. The van der Waals surface area contributed by atoms with E-state index < -0.39 is 5.92 Å². The van der Waals surface area contributed by atoms with Crippen LogP contribution in [0, 0.1) is 17.9 Å². The maximum atomic E-state index is 12.8. The number of fused-ring (bicyclic) bond motifs is 24. The molecule has 0 bridgehead atoms. The number of nitriles is 1. The summed E-state index contributed by atoms with van der Waals surface area (Å²) in [5.74, 6) is -0.676. The van der Waals surface area contributed by atoms with Crippen LogP contribution >= 0.6 is 0 Å². The molecular weight excluding hydrogens is 1020 g/mol. The Balaban J connectivity index is 1.12. The SMILES string of the molecule is [C-]#[N+]c1c(C2c3ccccc3-c3ccc4c(oc5ccccc54)c32)c(C#N)c(-c2cccc3c2oc2ccccc23)c(-n2c3ccccc3c3ccc4c5ccccc5oc4c32)c1-n1c2ccccc2c2ccc3c4ccccc4oc3c21. The summed E-state index contributed by atoms with van der Waals surface area (Å²) in [7, 11) is 0. The first-order chi connectivity index (χ1) is 41.1. The average molecular weight is 1060 g/mol. The lowest BCUT2D eigenvalue weighted by Crippen LogP contribution is -2.13. The van der Waals surface area contributed by atoms with Crippen molar-refractivity contribution in [1.29, 1.82) is 5.26 Å². The Labute approximate surface area is 470 Å². The summed E-state index contributed by atoms with van der Waals surface area (Å²) in [5.41, 5.74) is 16.5. The van der Waals surface area contributed by atoms with Crippen molar-refractivity contribution in [3.63, 3.8) is 0 Å². The van der Waals surface area contributed by atoms with Gasteiger partial charge in [-0.1, -0.05) is 170 Å². The van der Waals surface area contributed by atoms with Crippen molar-refractivity contribution in [1.82, 2.24) is 9.13 Å². The fourth-order valence-corrected chi connectivity index (χ4v) is 14.6. The molecule has 1 aliphatic rings. The number of nitrogens with zero attached hydrogens (tertiary/aromatic N) is 4. The molecule has 1 atom stereocenters. The van der Waals surface area contributed by atoms with Crippen LogP contribution in [0.4, 0.5) is 5.69 Å². The summed E-state index contributed by atoms with van der Waals surface area (Å²) in [6.07, 6.45) is 0. The minimum Gasteiger partial charge on any atom is -0.456 e. The lowest BCUT2D eigenvalue weighted by Gasteiger charge is -2.28. The van der Waals surface area contributed by atoms with Gasteiger partial charge in [0.1, 0.15) is 33.5 Å². The Morgan fingerprint density at radius 3 is 1.35 bits per heavy atom. The van der Waals surface area contributed by atoms with E-state index in [0.717, 1.165) is 131 Å². The summed E-state index contributed by atoms with van der Waals surface area (Å²) in [4.78, 5) is 4.90. The maximum absolute atomic E-state index is 12.8. The van der Waals surface area contributed by atoms with Crippen LogP contribution in [0.25, 0.3) is 170 Å². The Morgan fingerprint density at radius 1 is 0.361 bits per heavy atom. The monoisotopic (exact) mass is 1060 g/mol. The first kappa shape index (κ1) is 44.3. The Morgan fingerprint density at radius 2 is 0.783 bits per heavy atom. The van der Waals surface area contributed by atoms with E-state index in [1.807, 2.05) is 72.8 Å². The second-order valence-corrected chi connectivity index (χ2v) is 21.8. The summed E-state index contributed by atoms with van der Waals surface area (Å²) in [6, 6.07) is 80.0. The molecule has 8 nitrogen and oxygen atoms in total. The standard InChI is InChI=1S/C75H38N4O4/c1-77-67-65(64-47-24-3-2-17-40(47)48-33-36-52-44-21-7-13-30-60(44)81-73(52)66(48)64)56(39-76)63(55-26-16-25-51-43-20-6-12-29-59(43)80-72(51)55)70(78-57-27-10-4-18-41(57)49-34-37-53-45-22-8-14-31-61(45)82-74(53)68(49)78)71(67)79-58-28-11-5-19-42(58)50-35-38-54-46-23-9-15-32-62(46)83-75(54)69(50)79/h2-38,64H. The molecule has 6 heterocycles. The second kappa shape index (κ2) is 16.0. The van der Waals surface area contributed by atoms with Gasteiger partial charge in [0.05, 0.1) is 51.6 Å². The fourth-order valence-electron chi connectivity index (χ4n) is 14.6. The lowest BCUT2D eigenvalue weighted by molar-refractivity contribution is 0.662. The molecule has 0 radical (unpaired) electrons. The predicted molar refractivity (Wildman–Crippen MR) is 333 cm³/mol. The number of para-hydroxylation sites is 7. The van der Waals surface area contributed by atoms with Gasteiger partial charge in [-0.05, 0) is 76.9 Å². The van der Waals surface area contributed by atoms with Crippen LogP contribution in [0.1, 0.15) is 28.2 Å². The molecule has 12 aromatic carbocycles. The Bertz CT molecular complexity index is 6060. The normalized spacial score (nSPS) is 13.4. The van der Waals surface area contributed by atoms with Crippen LogP contribution in [0.2, 0.25) is 0 Å². The highest BCUT2D eigenvalue weighted by molar-refractivity contribution is 6.25. The van der Waals surface area contributed by atoms with Gasteiger partial charge >= 0.3 is 0 Å². The molecule has 1 unspecified atom stereocenters. The third-order valence-corrected chi connectivity index (χ3v) is 17.9. The minimum atomic E-state index is -0.676. The Kier molecular flexibility index (Phi) is 8.56. The third-order valence-electron chi connectivity index (χ3n) is 17.9. The van der Waals surface area contributed by atoms with Crippen LogP contribution in [0.15, 0.2) is 242 Å². The van der Waals surface area contributed by atoms with Crippen LogP contribution in [-0.4, -0.2) is 9.13 Å². The van der Waals surface area contributed by atoms with Gasteiger partial charge in [-0.25, -0.2) is 4.85 Å². The van der Waals surface area contributed by atoms with E-state index in [9.17, 15) is 11.8 Å². The molecule has 0 amide bonds. The molecule has 19 rings (SSSR count). The van der Waals surface area contributed by atoms with Gasteiger partial charge in [-0.2, -0.15) is 5.26 Å². The molecule has 1 aliphatic carbocycles. The minimum absolute atomic E-state index is 0.302. The number of hydrogen-bond donors (Lipinski definition) is 0. The quantitative estimate of drug-likeness (QED) is 0.164. The van der Waals surface area contributed by atoms with Crippen LogP contribution in [-0.2, 0) is 0 Å². The molecule has 382 valence electrons. The summed E-state index contributed by atoms with van der Waals surface area (Å²) < 4.78 is 33.1. The maximum Gasteiger partial charge on any atom is 0.218 e. The number of furan rings is 4. The van der Waals surface area contributed by atoms with Crippen molar-refractivity contribution in [2.75, 3.05) is 0 Å². The Hall–Kier alpha value is -11.6. The smallest absolute Gasteiger partial charge is 0.218 e. The highest BCUT2D eigenvalue weighted by Gasteiger charge is 2.41. The van der Waals surface area contributed by atoms with Gasteiger partial charge in [-0.3, -0.25) is 0 Å². The van der Waals surface area contributed by atoms with E-state index in [2.05, 4.69) is 167 Å². The molecule has 0 saturated carbocycles. The predicted octanol–water partition coefficient (Wildman–Crippen LogP) is 20.7. The van der Waals surface area contributed by atoms with E-state index in [1.165, 1.54) is 0 Å². The zero-order valence-electron chi connectivity index (χ0n) is 43.9. The molecule has 0 aliphatic heterocycles. The summed E-state index contributed by atoms with van der Waals surface area (Å²) in [5, 5.41) is 24.3. The van der Waals surface area contributed by atoms with Crippen molar-refractivity contribution < 1.29 is 17.7 Å². The average Bonchev–Trinajstić information content (AvgIpc) is 2.01. The highest BCUT2D eigenvalue weighted by atomic mass is 16.3. The number of benzene rings is 12. The van der Waals surface area contributed by atoms with Crippen molar-refractivity contribution in [3.8, 4) is 39.7 Å². The molecule has 0 N–H and O–H groups in total. The van der Waals surface area contributed by atoms with E-state index in [-0.39, 0.29) is 0 Å². The first-order valence-electron chi connectivity index (χ1n) is 27.8. The number of hydrogen-bond acceptors (Lipinski definition) is 5. The van der Waals surface area contributed by atoms with E-state index in [4.69, 9.17) is 22.5 Å². The molecule has 6 aromatic heterocycles. The van der Waals surface area contributed by atoms with Gasteiger partial charge in [-0.15, -0.1) is 0 Å². The summed E-state index contributed by atoms with van der Waals surface area (Å²) in [6.45, 7) is 10.1. The first-order valence-corrected chi connectivity index (χ1v) is 27.8. The van der Waals surface area contributed by atoms with Crippen LogP contribution in [0.3, 0.4) is 0 Å². The number of aromatic nitrogens is 2. The zero-order valence-corrected chi connectivity index (χ0v) is 43.9. The molecular formula is C75H38N4O4. The van der Waals surface area contributed by atoms with Gasteiger partial charge in [0, 0.05) is 87.2 Å². The number of rotatable bonds is 4. The zero-order chi connectivity index (χ0) is 54.3. The summed E-state index contributed by atoms with van der Waals surface area (Å²) >= 11 is 0. The van der Waals surface area contributed by atoms with E-state index in [1.54, 1.807) is 0 Å². The largest absolute Gasteiger partial charge is 0.456 e. The topological polar surface area (TPSA) is 90.6 Å². The van der Waals surface area contributed by atoms with Crippen LogP contribution < -0.4 is 0 Å². The molecule has 0 spiro atoms. The molecule has 0 fully saturated rings. The van der Waals surface area contributed by atoms with Crippen molar-refractivity contribution in [2.45, 2.75) is 5.92 Å². The van der Waals surface area contributed by atoms with Crippen molar-refractivity contribution >= 4 is 137 Å².